The van der Waals surface area contributed by atoms with Crippen LogP contribution in [0, 0.1) is 13.8 Å². The van der Waals surface area contributed by atoms with E-state index in [-0.39, 0.29) is 5.46 Å². The lowest BCUT2D eigenvalue weighted by atomic mass is 9.74. The highest BCUT2D eigenvalue weighted by molar-refractivity contribution is 6.62. The number of aryl methyl sites for hydroxylation is 1. The van der Waals surface area contributed by atoms with Crippen molar-refractivity contribution in [3.63, 3.8) is 0 Å². The predicted octanol–water partition coefficient (Wildman–Crippen LogP) is 4.35. The topological polar surface area (TPSA) is 25.8 Å². The summed E-state index contributed by atoms with van der Waals surface area (Å²) < 4.78 is 27.9. The summed E-state index contributed by atoms with van der Waals surface area (Å²) in [5.41, 5.74) is 4.21. The van der Waals surface area contributed by atoms with Crippen LogP contribution >= 0.6 is 0 Å². The predicted molar refractivity (Wildman–Crippen MR) is 91.0 cm³/mol. The molecule has 118 valence electrons. The zero-order valence-electron chi connectivity index (χ0n) is 13.4. The van der Waals surface area contributed by atoms with Gasteiger partial charge in [-0.3, -0.25) is 18.6 Å². The fourth-order valence-electron chi connectivity index (χ4n) is 3.20. The summed E-state index contributed by atoms with van der Waals surface area (Å²) in [6.45, 7) is 3.77. The molecule has 5 heteroatoms. The largest absolute Gasteiger partial charge is 0.574 e. The summed E-state index contributed by atoms with van der Waals surface area (Å²) in [5.74, 6) is 0. The molecule has 0 bridgehead atoms. The van der Waals surface area contributed by atoms with E-state index in [1.54, 1.807) is 24.4 Å². The molecule has 3 rings (SSSR count). The van der Waals surface area contributed by atoms with Crippen LogP contribution in [0.25, 0.3) is 17.0 Å². The number of nitrogens with zero attached hydrogens (tertiary/aromatic N) is 2. The van der Waals surface area contributed by atoms with Crippen molar-refractivity contribution in [2.45, 2.75) is 39.5 Å². The van der Waals surface area contributed by atoms with Gasteiger partial charge in [0.05, 0.1) is 11.4 Å². The molecule has 2 aromatic heterocycles. The highest BCUT2D eigenvalue weighted by Crippen LogP contribution is 2.31. The minimum atomic E-state index is -2.57. The molecule has 0 saturated heterocycles. The first kappa shape index (κ1) is 15.8. The van der Waals surface area contributed by atoms with Crippen molar-refractivity contribution in [3.8, 4) is 11.4 Å². The van der Waals surface area contributed by atoms with Crippen LogP contribution in [-0.4, -0.2) is 17.2 Å². The average Bonchev–Trinajstić information content (AvgIpc) is 2.58. The van der Waals surface area contributed by atoms with Crippen molar-refractivity contribution < 1.29 is 8.63 Å². The van der Waals surface area contributed by atoms with Crippen molar-refractivity contribution in [1.82, 2.24) is 9.97 Å². The van der Waals surface area contributed by atoms with E-state index in [1.807, 2.05) is 13.8 Å². The Labute approximate surface area is 135 Å². The Bertz CT molecular complexity index is 742. The second-order valence-electron chi connectivity index (χ2n) is 5.95. The second-order valence-corrected chi connectivity index (χ2v) is 5.95. The van der Waals surface area contributed by atoms with Crippen LogP contribution in [0.3, 0.4) is 0 Å². The van der Waals surface area contributed by atoms with Gasteiger partial charge in [0.25, 0.3) is 0 Å². The van der Waals surface area contributed by atoms with Gasteiger partial charge in [0, 0.05) is 17.4 Å². The maximum atomic E-state index is 13.9. The molecule has 2 aromatic rings. The highest BCUT2D eigenvalue weighted by Gasteiger charge is 2.30. The Hall–Kier alpha value is -2.04. The number of allylic oxidation sites excluding steroid dienone is 2. The quantitative estimate of drug-likeness (QED) is 0.787. The molecular weight excluding hydrogens is 293 g/mol. The third-order valence-electron chi connectivity index (χ3n) is 4.46. The van der Waals surface area contributed by atoms with Gasteiger partial charge in [0.1, 0.15) is 0 Å². The fourth-order valence-corrected chi connectivity index (χ4v) is 3.20. The van der Waals surface area contributed by atoms with Gasteiger partial charge < -0.3 is 0 Å². The van der Waals surface area contributed by atoms with Gasteiger partial charge in [-0.15, -0.1) is 0 Å². The van der Waals surface area contributed by atoms with Gasteiger partial charge in [0.2, 0.25) is 0 Å². The fraction of sp³-hybridized carbons (Fsp3) is 0.333. The molecule has 0 aromatic carbocycles. The lowest BCUT2D eigenvalue weighted by Crippen LogP contribution is -2.30. The number of hydrogen-bond acceptors (Lipinski definition) is 2. The summed E-state index contributed by atoms with van der Waals surface area (Å²) in [6, 6.07) is 5.31. The normalized spacial score (nSPS) is 14.5. The summed E-state index contributed by atoms with van der Waals surface area (Å²) >= 11 is 0. The van der Waals surface area contributed by atoms with Crippen LogP contribution < -0.4 is 5.46 Å². The van der Waals surface area contributed by atoms with Gasteiger partial charge >= 0.3 is 7.27 Å². The van der Waals surface area contributed by atoms with E-state index in [1.165, 1.54) is 0 Å². The standard InChI is InChI=1S/C18H19BF2N2/c1-12-13(2)23-18(15-10-6-7-11-22-15)17(19(20)21)16(12)14-8-4-3-5-9-14/h6-8,10-11H,3-5,9H2,1-2H3. The zero-order valence-corrected chi connectivity index (χ0v) is 13.4. The first-order valence-corrected chi connectivity index (χ1v) is 7.99. The van der Waals surface area contributed by atoms with E-state index in [2.05, 4.69) is 16.0 Å². The van der Waals surface area contributed by atoms with Crippen molar-refractivity contribution in [3.05, 3.63) is 47.3 Å². The molecule has 23 heavy (non-hydrogen) atoms. The second kappa shape index (κ2) is 6.61. The molecule has 0 spiro atoms. The number of aromatic nitrogens is 2. The molecule has 2 heterocycles. The summed E-state index contributed by atoms with van der Waals surface area (Å²) in [4.78, 5) is 8.68. The molecular formula is C18H19BF2N2. The molecule has 0 aliphatic heterocycles. The van der Waals surface area contributed by atoms with Gasteiger partial charge in [-0.05, 0) is 68.4 Å². The SMILES string of the molecule is Cc1nc(-c2ccccn2)c(B(F)F)c(C2=CCCCC2)c1C. The summed E-state index contributed by atoms with van der Waals surface area (Å²) in [5, 5.41) is 0. The lowest BCUT2D eigenvalue weighted by Gasteiger charge is -2.21. The van der Waals surface area contributed by atoms with Crippen LogP contribution in [0.4, 0.5) is 8.63 Å². The van der Waals surface area contributed by atoms with Crippen molar-refractivity contribution in [2.75, 3.05) is 0 Å². The Kier molecular flexibility index (Phi) is 4.55. The van der Waals surface area contributed by atoms with Crippen LogP contribution in [0.15, 0.2) is 30.5 Å². The first-order valence-electron chi connectivity index (χ1n) is 7.99. The van der Waals surface area contributed by atoms with E-state index in [0.717, 1.165) is 42.5 Å². The number of hydrogen-bond donors (Lipinski definition) is 0. The molecule has 0 N–H and O–H groups in total. The Morgan fingerprint density at radius 1 is 1.13 bits per heavy atom. The molecule has 0 saturated carbocycles. The first-order chi connectivity index (χ1) is 11.1. The molecule has 0 unspecified atom stereocenters. The molecule has 0 amide bonds. The third-order valence-corrected chi connectivity index (χ3v) is 4.46. The average molecular weight is 312 g/mol. The van der Waals surface area contributed by atoms with Crippen LogP contribution in [0.1, 0.15) is 42.5 Å². The minimum Gasteiger partial charge on any atom is -0.281 e. The lowest BCUT2D eigenvalue weighted by molar-refractivity contribution is 0.683. The maximum Gasteiger partial charge on any atom is 0.574 e. The van der Waals surface area contributed by atoms with E-state index in [9.17, 15) is 8.63 Å². The van der Waals surface area contributed by atoms with Crippen molar-refractivity contribution in [2.24, 2.45) is 0 Å². The van der Waals surface area contributed by atoms with E-state index in [0.29, 0.717) is 17.0 Å². The molecule has 2 nitrogen and oxygen atoms in total. The molecule has 0 fully saturated rings. The Morgan fingerprint density at radius 2 is 1.96 bits per heavy atom. The van der Waals surface area contributed by atoms with E-state index >= 15 is 0 Å². The van der Waals surface area contributed by atoms with Gasteiger partial charge in [-0.25, -0.2) is 0 Å². The van der Waals surface area contributed by atoms with Crippen LogP contribution in [0.5, 0.6) is 0 Å². The molecule has 1 aliphatic carbocycles. The van der Waals surface area contributed by atoms with E-state index in [4.69, 9.17) is 0 Å². The van der Waals surface area contributed by atoms with Crippen molar-refractivity contribution >= 4 is 18.3 Å². The molecule has 1 aliphatic rings. The molecule has 0 radical (unpaired) electrons. The van der Waals surface area contributed by atoms with Gasteiger partial charge in [-0.2, -0.15) is 0 Å². The monoisotopic (exact) mass is 312 g/mol. The van der Waals surface area contributed by atoms with Gasteiger partial charge in [0.15, 0.2) is 0 Å². The Morgan fingerprint density at radius 3 is 2.57 bits per heavy atom. The minimum absolute atomic E-state index is 0.0277. The number of rotatable bonds is 3. The smallest absolute Gasteiger partial charge is 0.281 e. The van der Waals surface area contributed by atoms with Crippen LogP contribution in [0.2, 0.25) is 0 Å². The molecule has 0 atom stereocenters. The van der Waals surface area contributed by atoms with Crippen molar-refractivity contribution in [1.29, 1.82) is 0 Å². The zero-order chi connectivity index (χ0) is 16.4. The van der Waals surface area contributed by atoms with Crippen LogP contribution in [-0.2, 0) is 0 Å². The summed E-state index contributed by atoms with van der Waals surface area (Å²) in [7, 11) is -2.57. The number of halogens is 2. The summed E-state index contributed by atoms with van der Waals surface area (Å²) in [6.07, 6.45) is 7.71. The third kappa shape index (κ3) is 3.05. The maximum absolute atomic E-state index is 13.9. The number of pyridine rings is 2. The van der Waals surface area contributed by atoms with Gasteiger partial charge in [-0.1, -0.05) is 12.1 Å². The highest BCUT2D eigenvalue weighted by atomic mass is 19.2. The van der Waals surface area contributed by atoms with E-state index < -0.39 is 7.27 Å². The Balaban J connectivity index is 2.29.